The number of rotatable bonds is 4. The zero-order valence-corrected chi connectivity index (χ0v) is 11.6. The van der Waals surface area contributed by atoms with E-state index in [1.165, 1.54) is 12.0 Å². The summed E-state index contributed by atoms with van der Waals surface area (Å²) in [4.78, 5) is 12.9. The lowest BCUT2D eigenvalue weighted by Crippen LogP contribution is -2.54. The smallest absolute Gasteiger partial charge is 0.409 e. The molecule has 3 unspecified atom stereocenters. The van der Waals surface area contributed by atoms with E-state index in [4.69, 9.17) is 0 Å². The van der Waals surface area contributed by atoms with Crippen molar-refractivity contribution >= 4 is 6.09 Å². The third kappa shape index (κ3) is 5.16. The number of amides is 1. The Bertz CT molecular complexity index is 326. The molecule has 1 rings (SSSR count). The van der Waals surface area contributed by atoms with E-state index in [1.807, 2.05) is 0 Å². The number of hydrogen-bond acceptors (Lipinski definition) is 4. The van der Waals surface area contributed by atoms with Crippen LogP contribution in [0.1, 0.15) is 19.8 Å². The highest BCUT2D eigenvalue weighted by Gasteiger charge is 2.35. The molecule has 3 atom stereocenters. The van der Waals surface area contributed by atoms with Gasteiger partial charge >= 0.3 is 12.3 Å². The first-order valence-electron chi connectivity index (χ1n) is 6.58. The predicted octanol–water partition coefficient (Wildman–Crippen LogP) is 1.37. The highest BCUT2D eigenvalue weighted by Crippen LogP contribution is 2.23. The van der Waals surface area contributed by atoms with Crippen LogP contribution in [0.2, 0.25) is 0 Å². The molecular weight excluding hydrogens is 277 g/mol. The van der Waals surface area contributed by atoms with Gasteiger partial charge in [-0.2, -0.15) is 13.2 Å². The van der Waals surface area contributed by atoms with Crippen molar-refractivity contribution in [3.63, 3.8) is 0 Å². The van der Waals surface area contributed by atoms with E-state index in [1.54, 1.807) is 6.92 Å². The Balaban J connectivity index is 2.66. The van der Waals surface area contributed by atoms with Crippen LogP contribution in [0.25, 0.3) is 0 Å². The molecule has 0 aromatic carbocycles. The van der Waals surface area contributed by atoms with Gasteiger partial charge in [0.25, 0.3) is 0 Å². The summed E-state index contributed by atoms with van der Waals surface area (Å²) in [6.45, 7) is 1.13. The first-order chi connectivity index (χ1) is 9.26. The quantitative estimate of drug-likeness (QED) is 0.823. The molecule has 5 nitrogen and oxygen atoms in total. The molecule has 0 radical (unpaired) electrons. The molecule has 0 aliphatic carbocycles. The Morgan fingerprint density at radius 2 is 2.15 bits per heavy atom. The molecule has 1 heterocycles. The maximum Gasteiger partial charge on any atom is 0.409 e. The maximum atomic E-state index is 12.2. The van der Waals surface area contributed by atoms with Crippen molar-refractivity contribution in [2.75, 3.05) is 26.7 Å². The number of aliphatic hydroxyl groups excluding tert-OH is 1. The number of hydrogen-bond donors (Lipinski definition) is 2. The maximum absolute atomic E-state index is 12.2. The average Bonchev–Trinajstić information content (AvgIpc) is 2.42. The lowest BCUT2D eigenvalue weighted by Gasteiger charge is -2.39. The van der Waals surface area contributed by atoms with E-state index in [2.05, 4.69) is 10.1 Å². The van der Waals surface area contributed by atoms with Crippen LogP contribution in [0.4, 0.5) is 18.0 Å². The number of nitrogens with one attached hydrogen (secondary N) is 1. The number of alkyl halides is 3. The van der Waals surface area contributed by atoms with E-state index in [0.717, 1.165) is 0 Å². The number of carbonyl (C=O) groups excluding carboxylic acids is 1. The molecule has 0 aromatic heterocycles. The number of carbonyl (C=O) groups is 1. The molecule has 1 amide bonds. The van der Waals surface area contributed by atoms with Gasteiger partial charge in [-0.15, -0.1) is 0 Å². The van der Waals surface area contributed by atoms with Crippen molar-refractivity contribution in [2.45, 2.75) is 38.1 Å². The van der Waals surface area contributed by atoms with Gasteiger partial charge in [0.1, 0.15) is 0 Å². The van der Waals surface area contributed by atoms with Crippen LogP contribution in [0.15, 0.2) is 0 Å². The second kappa shape index (κ2) is 7.12. The average molecular weight is 298 g/mol. The fraction of sp³-hybridized carbons (Fsp3) is 0.917. The van der Waals surface area contributed by atoms with Crippen molar-refractivity contribution < 1.29 is 27.8 Å². The number of piperidine rings is 1. The molecule has 20 heavy (non-hydrogen) atoms. The Morgan fingerprint density at radius 3 is 2.65 bits per heavy atom. The van der Waals surface area contributed by atoms with Gasteiger partial charge in [-0.3, -0.25) is 0 Å². The van der Waals surface area contributed by atoms with Crippen LogP contribution in [0, 0.1) is 5.92 Å². The fourth-order valence-corrected chi connectivity index (χ4v) is 2.44. The minimum Gasteiger partial charge on any atom is -0.453 e. The van der Waals surface area contributed by atoms with E-state index < -0.39 is 31.0 Å². The lowest BCUT2D eigenvalue weighted by atomic mass is 9.88. The zero-order valence-electron chi connectivity index (χ0n) is 11.6. The fourth-order valence-electron chi connectivity index (χ4n) is 2.44. The van der Waals surface area contributed by atoms with Crippen LogP contribution < -0.4 is 5.32 Å². The highest BCUT2D eigenvalue weighted by molar-refractivity contribution is 5.67. The number of methoxy groups -OCH3 is 1. The summed E-state index contributed by atoms with van der Waals surface area (Å²) in [5.74, 6) is -0.251. The van der Waals surface area contributed by atoms with Crippen LogP contribution in [0.3, 0.4) is 0 Å². The summed E-state index contributed by atoms with van der Waals surface area (Å²) >= 11 is 0. The normalized spacial score (nSPS) is 25.4. The molecule has 1 aliphatic rings. The summed E-state index contributed by atoms with van der Waals surface area (Å²) in [5.41, 5.74) is 0. The molecule has 1 saturated heterocycles. The molecule has 0 spiro atoms. The van der Waals surface area contributed by atoms with Gasteiger partial charge in [-0.1, -0.05) is 6.92 Å². The molecule has 1 aliphatic heterocycles. The number of likely N-dealkylation sites (tertiary alicyclic amines) is 1. The van der Waals surface area contributed by atoms with E-state index in [0.29, 0.717) is 19.4 Å². The third-order valence-corrected chi connectivity index (χ3v) is 3.47. The molecule has 118 valence electrons. The van der Waals surface area contributed by atoms with Crippen LogP contribution in [-0.4, -0.2) is 61.2 Å². The van der Waals surface area contributed by atoms with E-state index in [9.17, 15) is 23.1 Å². The minimum absolute atomic E-state index is 0.148. The molecule has 0 saturated carbocycles. The van der Waals surface area contributed by atoms with Gasteiger partial charge in [0.05, 0.1) is 19.8 Å². The third-order valence-electron chi connectivity index (χ3n) is 3.47. The monoisotopic (exact) mass is 298 g/mol. The van der Waals surface area contributed by atoms with Gasteiger partial charge in [0, 0.05) is 25.0 Å². The van der Waals surface area contributed by atoms with Crippen molar-refractivity contribution in [1.82, 2.24) is 10.2 Å². The summed E-state index contributed by atoms with van der Waals surface area (Å²) in [5, 5.41) is 12.3. The summed E-state index contributed by atoms with van der Waals surface area (Å²) < 4.78 is 41.3. The predicted molar refractivity (Wildman–Crippen MR) is 66.2 cm³/mol. The number of nitrogens with zero attached hydrogens (tertiary/aromatic N) is 1. The molecule has 1 fully saturated rings. The second-order valence-corrected chi connectivity index (χ2v) is 5.04. The molecule has 2 N–H and O–H groups in total. The van der Waals surface area contributed by atoms with Crippen molar-refractivity contribution in [1.29, 1.82) is 0 Å². The Labute approximate surface area is 116 Å². The Hall–Kier alpha value is -1.02. The van der Waals surface area contributed by atoms with Crippen LogP contribution in [0.5, 0.6) is 0 Å². The van der Waals surface area contributed by atoms with Gasteiger partial charge in [-0.25, -0.2) is 4.79 Å². The number of aliphatic hydroxyl groups is 1. The topological polar surface area (TPSA) is 61.8 Å². The zero-order chi connectivity index (χ0) is 15.3. The Morgan fingerprint density at radius 1 is 1.50 bits per heavy atom. The van der Waals surface area contributed by atoms with Crippen molar-refractivity contribution in [3.05, 3.63) is 0 Å². The van der Waals surface area contributed by atoms with Gasteiger partial charge in [0.2, 0.25) is 0 Å². The molecule has 0 bridgehead atoms. The molecule has 8 heteroatoms. The first-order valence-corrected chi connectivity index (χ1v) is 6.58. The summed E-state index contributed by atoms with van der Waals surface area (Å²) in [7, 11) is 1.22. The summed E-state index contributed by atoms with van der Waals surface area (Å²) in [6.07, 6.45) is -4.63. The van der Waals surface area contributed by atoms with Crippen molar-refractivity contribution in [2.24, 2.45) is 5.92 Å². The van der Waals surface area contributed by atoms with E-state index in [-0.39, 0.29) is 12.5 Å². The largest absolute Gasteiger partial charge is 0.453 e. The van der Waals surface area contributed by atoms with Crippen molar-refractivity contribution in [3.8, 4) is 0 Å². The van der Waals surface area contributed by atoms with Crippen LogP contribution >= 0.6 is 0 Å². The lowest BCUT2D eigenvalue weighted by molar-refractivity contribution is -0.127. The Kier molecular flexibility index (Phi) is 6.07. The SMILES string of the molecule is CCC(O)C1CC(NCC(F)(F)F)CN(C(=O)OC)C1. The number of halogens is 3. The minimum atomic E-state index is -4.30. The number of ether oxygens (including phenoxy) is 1. The molecular formula is C12H21F3N2O3. The second-order valence-electron chi connectivity index (χ2n) is 5.04. The standard InChI is InChI=1S/C12H21F3N2O3/c1-3-10(18)8-4-9(16-7-12(13,14)15)6-17(5-8)11(19)20-2/h8-10,16,18H,3-7H2,1-2H3. The first kappa shape index (κ1) is 17.0. The molecule has 0 aromatic rings. The van der Waals surface area contributed by atoms with Gasteiger partial charge in [0.15, 0.2) is 0 Å². The van der Waals surface area contributed by atoms with Crippen LogP contribution in [-0.2, 0) is 4.74 Å². The summed E-state index contributed by atoms with van der Waals surface area (Å²) in [6, 6.07) is -0.504. The highest BCUT2D eigenvalue weighted by atomic mass is 19.4. The van der Waals surface area contributed by atoms with Gasteiger partial charge in [-0.05, 0) is 12.8 Å². The van der Waals surface area contributed by atoms with E-state index >= 15 is 0 Å². The van der Waals surface area contributed by atoms with Gasteiger partial charge < -0.3 is 20.1 Å².